The average molecular weight is 569 g/mol. The van der Waals surface area contributed by atoms with Crippen LogP contribution in [0.3, 0.4) is 0 Å². The number of nitrogens with zero attached hydrogens (tertiary/aromatic N) is 2. The zero-order valence-electron chi connectivity index (χ0n) is 23.0. The Hall–Kier alpha value is -2.57. The molecular formula is C32H41ClN2O3S. The molecule has 2 aromatic carbocycles. The monoisotopic (exact) mass is 568 g/mol. The quantitative estimate of drug-likeness (QED) is 0.247. The fraction of sp³-hybridized carbons (Fsp3) is 0.469. The van der Waals surface area contributed by atoms with Gasteiger partial charge in [-0.3, -0.25) is 9.00 Å². The van der Waals surface area contributed by atoms with Crippen molar-refractivity contribution in [3.63, 3.8) is 0 Å². The van der Waals surface area contributed by atoms with Gasteiger partial charge in [0.25, 0.3) is 5.91 Å². The Kier molecular flexibility index (Phi) is 10.7. The molecule has 2 aliphatic rings. The fourth-order valence-corrected chi connectivity index (χ4v) is 6.51. The topological polar surface area (TPSA) is 59.0 Å². The molecule has 4 rings (SSSR count). The predicted molar refractivity (Wildman–Crippen MR) is 164 cm³/mol. The van der Waals surface area contributed by atoms with Crippen LogP contribution in [0.15, 0.2) is 66.1 Å². The van der Waals surface area contributed by atoms with E-state index in [1.54, 1.807) is 12.1 Å². The van der Waals surface area contributed by atoms with Gasteiger partial charge in [0.1, 0.15) is 5.75 Å². The molecule has 1 heterocycles. The average Bonchev–Trinajstić information content (AvgIpc) is 2.95. The number of carbonyl (C=O) groups excluding carboxylic acids is 1. The number of allylic oxidation sites excluding steroid dienone is 2. The lowest BCUT2D eigenvalue weighted by Gasteiger charge is -2.41. The molecule has 2 aromatic rings. The number of hydrogen-bond donors (Lipinski definition) is 1. The number of thiol groups is 1. The molecule has 0 N–H and O–H groups in total. The summed E-state index contributed by atoms with van der Waals surface area (Å²) in [5.74, 6) is 1.49. The summed E-state index contributed by atoms with van der Waals surface area (Å²) in [6.07, 6.45) is 11.6. The van der Waals surface area contributed by atoms with Crippen molar-refractivity contribution in [1.29, 1.82) is 0 Å². The van der Waals surface area contributed by atoms with Gasteiger partial charge in [0.15, 0.2) is 0 Å². The summed E-state index contributed by atoms with van der Waals surface area (Å²) in [4.78, 5) is 15.5. The lowest BCUT2D eigenvalue weighted by molar-refractivity contribution is 0.100. The molecular weight excluding hydrogens is 528 g/mol. The van der Waals surface area contributed by atoms with E-state index in [2.05, 4.69) is 34.6 Å². The first-order valence-electron chi connectivity index (χ1n) is 14.1. The first kappa shape index (κ1) is 29.4. The van der Waals surface area contributed by atoms with Crippen molar-refractivity contribution in [3.8, 4) is 5.75 Å². The van der Waals surface area contributed by atoms with Gasteiger partial charge in [-0.1, -0.05) is 36.7 Å². The maximum Gasteiger partial charge on any atom is 0.284 e. The SMILES string of the molecule is C=CCC[C@@H](C)/[SH](=O)=N\C(=O)c1ccc2c(c1)N(C[C@@H]1CC[C@H]1CC=C)Cc1ccc(Cl)cc1CCCCO2. The molecule has 0 radical (unpaired) electrons. The molecule has 1 fully saturated rings. The Morgan fingerprint density at radius 2 is 1.97 bits per heavy atom. The van der Waals surface area contributed by atoms with Crippen LogP contribution in [0.25, 0.3) is 0 Å². The second kappa shape index (κ2) is 14.2. The third-order valence-electron chi connectivity index (χ3n) is 8.03. The van der Waals surface area contributed by atoms with Gasteiger partial charge in [-0.15, -0.1) is 13.2 Å². The smallest absolute Gasteiger partial charge is 0.284 e. The van der Waals surface area contributed by atoms with E-state index in [0.29, 0.717) is 37.0 Å². The Bertz CT molecular complexity index is 1270. The maximum absolute atomic E-state index is 13.2. The van der Waals surface area contributed by atoms with Crippen LogP contribution in [-0.4, -0.2) is 28.5 Å². The molecule has 4 atom stereocenters. The van der Waals surface area contributed by atoms with E-state index in [4.69, 9.17) is 16.3 Å². The van der Waals surface area contributed by atoms with E-state index in [1.165, 1.54) is 24.0 Å². The van der Waals surface area contributed by atoms with E-state index < -0.39 is 16.5 Å². The molecule has 1 saturated carbocycles. The van der Waals surface area contributed by atoms with Gasteiger partial charge in [-0.2, -0.15) is 4.36 Å². The molecule has 0 bridgehead atoms. The molecule has 1 aliphatic carbocycles. The van der Waals surface area contributed by atoms with Crippen molar-refractivity contribution in [2.24, 2.45) is 16.2 Å². The normalized spacial score (nSPS) is 20.8. The number of amides is 1. The number of anilines is 1. The lowest BCUT2D eigenvalue weighted by Crippen LogP contribution is -2.38. The molecule has 5 nitrogen and oxygen atoms in total. The van der Waals surface area contributed by atoms with E-state index in [-0.39, 0.29) is 5.25 Å². The predicted octanol–water partition coefficient (Wildman–Crippen LogP) is 7.82. The first-order chi connectivity index (χ1) is 18.9. The summed E-state index contributed by atoms with van der Waals surface area (Å²) in [6, 6.07) is 11.7. The number of ether oxygens (including phenoxy) is 1. The second-order valence-corrected chi connectivity index (χ2v) is 12.9. The molecule has 1 amide bonds. The zero-order chi connectivity index (χ0) is 27.8. The Balaban J connectivity index is 1.71. The number of benzene rings is 2. The van der Waals surface area contributed by atoms with E-state index >= 15 is 0 Å². The maximum atomic E-state index is 13.2. The Labute approximate surface area is 240 Å². The number of hydrogen-bond acceptors (Lipinski definition) is 4. The van der Waals surface area contributed by atoms with E-state index in [0.717, 1.165) is 55.1 Å². The zero-order valence-corrected chi connectivity index (χ0v) is 24.6. The minimum absolute atomic E-state index is 0.175. The van der Waals surface area contributed by atoms with Gasteiger partial charge in [-0.25, -0.2) is 0 Å². The van der Waals surface area contributed by atoms with Gasteiger partial charge in [0, 0.05) is 39.5 Å². The van der Waals surface area contributed by atoms with Gasteiger partial charge in [0.2, 0.25) is 0 Å². The Morgan fingerprint density at radius 3 is 2.72 bits per heavy atom. The van der Waals surface area contributed by atoms with Crippen molar-refractivity contribution in [3.05, 3.63) is 83.4 Å². The Morgan fingerprint density at radius 1 is 1.15 bits per heavy atom. The van der Waals surface area contributed by atoms with Crippen LogP contribution in [-0.2, 0) is 23.6 Å². The molecule has 210 valence electrons. The standard InChI is InChI=1S/C32H41ClN2O3S/c1-4-6-10-23(3)39(37)34-32(36)26-15-17-31-30(20-26)35(21-27-13-12-24(27)9-5-2)22-28-14-16-29(33)19-25(28)11-7-8-18-38-31/h4-5,14-17,19-20,23-24,27,39H,1-2,6-13,18,21-22H2,3H3/t23-,24-,27+/m1/s1. The molecule has 0 saturated heterocycles. The highest BCUT2D eigenvalue weighted by Gasteiger charge is 2.32. The van der Waals surface area contributed by atoms with Crippen LogP contribution < -0.4 is 9.64 Å². The summed E-state index contributed by atoms with van der Waals surface area (Å²) in [7, 11) is -2.00. The number of carbonyl (C=O) groups is 1. The number of halogens is 1. The number of fused-ring (bicyclic) bond motifs is 2. The summed E-state index contributed by atoms with van der Waals surface area (Å²) in [5.41, 5.74) is 3.83. The molecule has 0 aromatic heterocycles. The molecule has 1 unspecified atom stereocenters. The first-order valence-corrected chi connectivity index (χ1v) is 15.8. The number of rotatable bonds is 9. The third-order valence-corrected chi connectivity index (χ3v) is 9.65. The van der Waals surface area contributed by atoms with Crippen molar-refractivity contribution < 1.29 is 13.7 Å². The third kappa shape index (κ3) is 7.76. The molecule has 0 spiro atoms. The molecule has 7 heteroatoms. The minimum atomic E-state index is -2.00. The van der Waals surface area contributed by atoms with E-state index in [1.807, 2.05) is 31.2 Å². The summed E-state index contributed by atoms with van der Waals surface area (Å²) in [6.45, 7) is 11.7. The van der Waals surface area contributed by atoms with Gasteiger partial charge < -0.3 is 9.64 Å². The van der Waals surface area contributed by atoms with Crippen LogP contribution in [0, 0.1) is 11.8 Å². The lowest BCUT2D eigenvalue weighted by atomic mass is 9.71. The van der Waals surface area contributed by atoms with Gasteiger partial charge >= 0.3 is 0 Å². The molecule has 39 heavy (non-hydrogen) atoms. The summed E-state index contributed by atoms with van der Waals surface area (Å²) in [5, 5.41) is 0.577. The largest absolute Gasteiger partial charge is 0.491 e. The number of aryl methyl sites for hydroxylation is 1. The van der Waals surface area contributed by atoms with Crippen LogP contribution in [0.4, 0.5) is 5.69 Å². The fourth-order valence-electron chi connectivity index (χ4n) is 5.46. The van der Waals surface area contributed by atoms with Gasteiger partial charge in [0.05, 0.1) is 12.3 Å². The van der Waals surface area contributed by atoms with Crippen molar-refractivity contribution in [1.82, 2.24) is 0 Å². The van der Waals surface area contributed by atoms with Gasteiger partial charge in [-0.05, 0) is 105 Å². The summed E-state index contributed by atoms with van der Waals surface area (Å²) < 4.78 is 23.1. The van der Waals surface area contributed by atoms with E-state index in [9.17, 15) is 9.00 Å². The van der Waals surface area contributed by atoms with Crippen LogP contribution in [0.1, 0.15) is 73.4 Å². The van der Waals surface area contributed by atoms with Crippen LogP contribution in [0.2, 0.25) is 5.02 Å². The van der Waals surface area contributed by atoms with Crippen LogP contribution in [0.5, 0.6) is 5.75 Å². The van der Waals surface area contributed by atoms with Crippen LogP contribution >= 0.6 is 11.6 Å². The minimum Gasteiger partial charge on any atom is -0.491 e. The highest BCUT2D eigenvalue weighted by atomic mass is 35.5. The van der Waals surface area contributed by atoms with Crippen molar-refractivity contribution >= 4 is 33.8 Å². The van der Waals surface area contributed by atoms with Crippen molar-refractivity contribution in [2.75, 3.05) is 18.1 Å². The van der Waals surface area contributed by atoms with Crippen molar-refractivity contribution in [2.45, 2.75) is 70.1 Å². The second-order valence-electron chi connectivity index (χ2n) is 10.8. The molecule has 1 aliphatic heterocycles. The summed E-state index contributed by atoms with van der Waals surface area (Å²) >= 11 is 6.39. The highest BCUT2D eigenvalue weighted by molar-refractivity contribution is 7.75. The highest BCUT2D eigenvalue weighted by Crippen LogP contribution is 2.41.